The molecule has 0 bridgehead atoms. The minimum absolute atomic E-state index is 0.276. The molecule has 2 rings (SSSR count). The van der Waals surface area contributed by atoms with Crippen molar-refractivity contribution in [2.45, 2.75) is 6.42 Å². The normalized spacial score (nSPS) is 9.87. The first-order valence-electron chi connectivity index (χ1n) is 4.47. The maximum Gasteiger partial charge on any atom is 0.127 e. The molecule has 0 radical (unpaired) electrons. The lowest BCUT2D eigenvalue weighted by Crippen LogP contribution is -1.99. The van der Waals surface area contributed by atoms with Gasteiger partial charge in [-0.05, 0) is 12.1 Å². The first-order valence-corrected chi connectivity index (χ1v) is 4.85. The van der Waals surface area contributed by atoms with Crippen LogP contribution in [0.1, 0.15) is 5.82 Å². The molecular weight excluding hydrogens is 210 g/mol. The first-order chi connectivity index (χ1) is 7.33. The van der Waals surface area contributed by atoms with E-state index in [2.05, 4.69) is 11.1 Å². The van der Waals surface area contributed by atoms with E-state index in [1.54, 1.807) is 12.4 Å². The fourth-order valence-corrected chi connectivity index (χ4v) is 1.63. The summed E-state index contributed by atoms with van der Waals surface area (Å²) in [6, 6.07) is 9.55. The Labute approximate surface area is 92.6 Å². The van der Waals surface area contributed by atoms with Gasteiger partial charge in [-0.25, -0.2) is 4.98 Å². The van der Waals surface area contributed by atoms with Crippen molar-refractivity contribution in [3.63, 3.8) is 0 Å². The van der Waals surface area contributed by atoms with E-state index < -0.39 is 0 Å². The van der Waals surface area contributed by atoms with Crippen LogP contribution in [0.4, 0.5) is 0 Å². The Kier molecular flexibility index (Phi) is 2.70. The van der Waals surface area contributed by atoms with Crippen molar-refractivity contribution in [1.29, 1.82) is 5.26 Å². The number of hydrogen-bond donors (Lipinski definition) is 0. The van der Waals surface area contributed by atoms with Crippen LogP contribution in [-0.2, 0) is 6.42 Å². The van der Waals surface area contributed by atoms with Crippen LogP contribution in [0.25, 0.3) is 5.69 Å². The number of aromatic nitrogens is 2. The number of para-hydroxylation sites is 1. The molecule has 0 atom stereocenters. The molecule has 0 spiro atoms. The van der Waals surface area contributed by atoms with E-state index in [0.29, 0.717) is 10.8 Å². The van der Waals surface area contributed by atoms with Gasteiger partial charge in [-0.1, -0.05) is 23.7 Å². The lowest BCUT2D eigenvalue weighted by Gasteiger charge is -2.07. The van der Waals surface area contributed by atoms with Crippen molar-refractivity contribution >= 4 is 11.6 Å². The summed E-state index contributed by atoms with van der Waals surface area (Å²) >= 11 is 6.06. The van der Waals surface area contributed by atoms with Gasteiger partial charge >= 0.3 is 0 Å². The van der Waals surface area contributed by atoms with Crippen LogP contribution in [0.15, 0.2) is 36.7 Å². The summed E-state index contributed by atoms with van der Waals surface area (Å²) in [5, 5.41) is 9.29. The van der Waals surface area contributed by atoms with Crippen LogP contribution >= 0.6 is 11.6 Å². The predicted molar refractivity (Wildman–Crippen MR) is 57.9 cm³/mol. The van der Waals surface area contributed by atoms with Crippen LogP contribution in [-0.4, -0.2) is 9.55 Å². The molecule has 1 heterocycles. The highest BCUT2D eigenvalue weighted by molar-refractivity contribution is 6.32. The van der Waals surface area contributed by atoms with Gasteiger partial charge in [0.1, 0.15) is 5.82 Å². The van der Waals surface area contributed by atoms with Crippen molar-refractivity contribution in [1.82, 2.24) is 9.55 Å². The number of benzene rings is 1. The molecule has 0 saturated carbocycles. The fraction of sp³-hybridized carbons (Fsp3) is 0.0909. The Balaban J connectivity index is 2.51. The molecule has 0 aliphatic rings. The average Bonchev–Trinajstić information content (AvgIpc) is 2.67. The van der Waals surface area contributed by atoms with E-state index in [0.717, 1.165) is 5.69 Å². The lowest BCUT2D eigenvalue weighted by molar-refractivity contribution is 0.933. The smallest absolute Gasteiger partial charge is 0.127 e. The van der Waals surface area contributed by atoms with E-state index in [1.807, 2.05) is 28.8 Å². The van der Waals surface area contributed by atoms with Gasteiger partial charge in [0.25, 0.3) is 0 Å². The fourth-order valence-electron chi connectivity index (χ4n) is 1.40. The van der Waals surface area contributed by atoms with Gasteiger partial charge in [0, 0.05) is 12.4 Å². The molecule has 0 aliphatic carbocycles. The molecular formula is C11H8ClN3. The number of rotatable bonds is 2. The molecule has 4 heteroatoms. The molecule has 0 amide bonds. The molecule has 1 aromatic carbocycles. The van der Waals surface area contributed by atoms with Gasteiger partial charge in [-0.2, -0.15) is 5.26 Å². The second-order valence-corrected chi connectivity index (χ2v) is 3.41. The third kappa shape index (κ3) is 1.85. The maximum absolute atomic E-state index is 8.64. The van der Waals surface area contributed by atoms with E-state index in [4.69, 9.17) is 16.9 Å². The second-order valence-electron chi connectivity index (χ2n) is 3.00. The van der Waals surface area contributed by atoms with Gasteiger partial charge in [-0.3, -0.25) is 0 Å². The monoisotopic (exact) mass is 217 g/mol. The molecule has 3 nitrogen and oxygen atoms in total. The second kappa shape index (κ2) is 4.16. The number of nitrogens with zero attached hydrogens (tertiary/aromatic N) is 3. The van der Waals surface area contributed by atoms with Crippen molar-refractivity contribution in [2.24, 2.45) is 0 Å². The standard InChI is InChI=1S/C11H8ClN3/c12-9-3-1-2-4-10(9)15-8-7-14-11(15)5-6-13/h1-4,7-8H,5H2. The van der Waals surface area contributed by atoms with Crippen molar-refractivity contribution in [3.05, 3.63) is 47.5 Å². The molecule has 0 unspecified atom stereocenters. The zero-order valence-electron chi connectivity index (χ0n) is 7.89. The summed E-state index contributed by atoms with van der Waals surface area (Å²) in [5.74, 6) is 0.700. The van der Waals surface area contributed by atoms with Crippen molar-refractivity contribution < 1.29 is 0 Å². The maximum atomic E-state index is 8.64. The molecule has 0 saturated heterocycles. The van der Waals surface area contributed by atoms with Crippen LogP contribution in [0.3, 0.4) is 0 Å². The first kappa shape index (κ1) is 9.75. The van der Waals surface area contributed by atoms with Crippen LogP contribution in [0, 0.1) is 11.3 Å². The summed E-state index contributed by atoms with van der Waals surface area (Å²) in [6.45, 7) is 0. The Hall–Kier alpha value is -1.79. The van der Waals surface area contributed by atoms with Crippen LogP contribution < -0.4 is 0 Å². The van der Waals surface area contributed by atoms with Gasteiger partial charge < -0.3 is 4.57 Å². The number of imidazole rings is 1. The van der Waals surface area contributed by atoms with Gasteiger partial charge in [-0.15, -0.1) is 0 Å². The predicted octanol–water partition coefficient (Wildman–Crippen LogP) is 2.59. The summed E-state index contributed by atoms with van der Waals surface area (Å²) in [7, 11) is 0. The average molecular weight is 218 g/mol. The Morgan fingerprint density at radius 3 is 2.93 bits per heavy atom. The van der Waals surface area contributed by atoms with E-state index in [9.17, 15) is 0 Å². The molecule has 0 N–H and O–H groups in total. The zero-order chi connectivity index (χ0) is 10.7. The highest BCUT2D eigenvalue weighted by Crippen LogP contribution is 2.20. The molecule has 0 aliphatic heterocycles. The van der Waals surface area contributed by atoms with E-state index in [-0.39, 0.29) is 6.42 Å². The molecule has 15 heavy (non-hydrogen) atoms. The number of halogens is 1. The zero-order valence-corrected chi connectivity index (χ0v) is 8.65. The number of hydrogen-bond acceptors (Lipinski definition) is 2. The summed E-state index contributed by atoms with van der Waals surface area (Å²) in [4.78, 5) is 4.11. The minimum Gasteiger partial charge on any atom is -0.301 e. The van der Waals surface area contributed by atoms with Crippen LogP contribution in [0.5, 0.6) is 0 Å². The Bertz CT molecular complexity index is 511. The number of nitriles is 1. The highest BCUT2D eigenvalue weighted by atomic mass is 35.5. The summed E-state index contributed by atoms with van der Waals surface area (Å²) in [5.41, 5.74) is 0.849. The topological polar surface area (TPSA) is 41.6 Å². The van der Waals surface area contributed by atoms with Crippen LogP contribution in [0.2, 0.25) is 5.02 Å². The molecule has 2 aromatic rings. The van der Waals surface area contributed by atoms with Gasteiger partial charge in [0.15, 0.2) is 0 Å². The minimum atomic E-state index is 0.276. The van der Waals surface area contributed by atoms with Crippen molar-refractivity contribution in [3.8, 4) is 11.8 Å². The highest BCUT2D eigenvalue weighted by Gasteiger charge is 2.06. The SMILES string of the molecule is N#CCc1nccn1-c1ccccc1Cl. The lowest BCUT2D eigenvalue weighted by atomic mass is 10.3. The summed E-state index contributed by atoms with van der Waals surface area (Å²) < 4.78 is 1.82. The summed E-state index contributed by atoms with van der Waals surface area (Å²) in [6.07, 6.45) is 3.74. The Morgan fingerprint density at radius 2 is 2.20 bits per heavy atom. The quantitative estimate of drug-likeness (QED) is 0.776. The molecule has 0 fully saturated rings. The molecule has 74 valence electrons. The largest absolute Gasteiger partial charge is 0.301 e. The Morgan fingerprint density at radius 1 is 1.40 bits per heavy atom. The van der Waals surface area contributed by atoms with Crippen molar-refractivity contribution in [2.75, 3.05) is 0 Å². The third-order valence-corrected chi connectivity index (χ3v) is 2.39. The van der Waals surface area contributed by atoms with Gasteiger partial charge in [0.05, 0.1) is 23.2 Å². The van der Waals surface area contributed by atoms with E-state index in [1.165, 1.54) is 0 Å². The molecule has 1 aromatic heterocycles. The third-order valence-electron chi connectivity index (χ3n) is 2.07. The van der Waals surface area contributed by atoms with E-state index >= 15 is 0 Å². The van der Waals surface area contributed by atoms with Gasteiger partial charge in [0.2, 0.25) is 0 Å².